The molecule has 0 N–H and O–H groups in total. The minimum absolute atomic E-state index is 0.0525. The highest BCUT2D eigenvalue weighted by Gasteiger charge is 2.44. The molecule has 0 saturated heterocycles. The zero-order valence-corrected chi connectivity index (χ0v) is 19.9. The zero-order chi connectivity index (χ0) is 21.3. The van der Waals surface area contributed by atoms with Gasteiger partial charge < -0.3 is 0 Å². The van der Waals surface area contributed by atoms with E-state index >= 15 is 0 Å². The fourth-order valence-electron chi connectivity index (χ4n) is 5.56. The van der Waals surface area contributed by atoms with Crippen LogP contribution in [0.25, 0.3) is 22.0 Å². The molecule has 4 aromatic rings. The maximum Gasteiger partial charge on any atom is 0.217 e. The fraction of sp³-hybridized carbons (Fsp3) is 0.250. The highest BCUT2D eigenvalue weighted by Crippen LogP contribution is 2.48. The molecule has 30 heavy (non-hydrogen) atoms. The van der Waals surface area contributed by atoms with Crippen LogP contribution in [0.2, 0.25) is 13.1 Å². The molecule has 0 spiro atoms. The third-order valence-corrected chi connectivity index (χ3v) is 10.8. The van der Waals surface area contributed by atoms with Gasteiger partial charge in [0.1, 0.15) is 15.1 Å². The molecule has 150 valence electrons. The number of nitrogens with zero attached hydrogens (tertiary/aromatic N) is 1. The molecule has 0 saturated carbocycles. The highest BCUT2D eigenvalue weighted by atomic mass is 28.3. The highest BCUT2D eigenvalue weighted by molar-refractivity contribution is 7.00. The number of benzene rings is 3. The smallest absolute Gasteiger partial charge is 0.201 e. The van der Waals surface area contributed by atoms with Crippen LogP contribution in [-0.4, -0.2) is 8.07 Å². The van der Waals surface area contributed by atoms with Gasteiger partial charge in [-0.05, 0) is 34.0 Å². The van der Waals surface area contributed by atoms with Gasteiger partial charge in [0.15, 0.2) is 6.20 Å². The van der Waals surface area contributed by atoms with Crippen LogP contribution in [0.5, 0.6) is 0 Å². The van der Waals surface area contributed by atoms with Crippen LogP contribution < -0.4 is 14.9 Å². The lowest BCUT2D eigenvalue weighted by Gasteiger charge is -2.38. The first-order chi connectivity index (χ1) is 14.2. The van der Waals surface area contributed by atoms with E-state index in [2.05, 4.69) is 118 Å². The van der Waals surface area contributed by atoms with E-state index < -0.39 is 8.07 Å². The summed E-state index contributed by atoms with van der Waals surface area (Å²) in [7, 11) is 0.329. The summed E-state index contributed by atoms with van der Waals surface area (Å²) >= 11 is 0. The lowest BCUT2D eigenvalue weighted by molar-refractivity contribution is -0.660. The molecule has 1 heterocycles. The van der Waals surface area contributed by atoms with Gasteiger partial charge in [-0.2, -0.15) is 0 Å². The molecule has 0 atom stereocenters. The first-order valence-electron chi connectivity index (χ1n) is 10.9. The molecule has 0 radical (unpaired) electrons. The third kappa shape index (κ3) is 2.50. The van der Waals surface area contributed by atoms with Gasteiger partial charge in [-0.3, -0.25) is 0 Å². The molecule has 0 unspecified atom stereocenters. The Labute approximate surface area is 181 Å². The molecule has 1 aliphatic rings. The molecule has 3 aromatic carbocycles. The Morgan fingerprint density at radius 3 is 2.30 bits per heavy atom. The molecule has 1 nitrogen and oxygen atoms in total. The minimum atomic E-state index is -1.88. The Kier molecular flexibility index (Phi) is 4.10. The monoisotopic (exact) mass is 408 g/mol. The van der Waals surface area contributed by atoms with E-state index in [4.69, 9.17) is 0 Å². The first-order valence-corrected chi connectivity index (χ1v) is 13.9. The van der Waals surface area contributed by atoms with Crippen molar-refractivity contribution in [1.82, 2.24) is 0 Å². The fourth-order valence-corrected chi connectivity index (χ4v) is 8.44. The number of aryl methyl sites for hydroxylation is 2. The normalized spacial score (nSPS) is 14.6. The van der Waals surface area contributed by atoms with Crippen molar-refractivity contribution >= 4 is 29.2 Å². The van der Waals surface area contributed by atoms with Gasteiger partial charge >= 0.3 is 0 Å². The van der Waals surface area contributed by atoms with E-state index in [1.165, 1.54) is 43.9 Å². The number of hydrogen-bond acceptors (Lipinski definition) is 0. The van der Waals surface area contributed by atoms with E-state index in [1.54, 1.807) is 5.19 Å². The maximum atomic E-state index is 2.50. The number of hydrogen-bond donors (Lipinski definition) is 0. The van der Waals surface area contributed by atoms with Crippen LogP contribution in [0.1, 0.15) is 30.5 Å². The number of aromatic nitrogens is 1. The van der Waals surface area contributed by atoms with Crippen molar-refractivity contribution in [3.63, 3.8) is 0 Å². The molecule has 0 aliphatic heterocycles. The average Bonchev–Trinajstić information content (AvgIpc) is 2.73. The van der Waals surface area contributed by atoms with Crippen molar-refractivity contribution in [3.05, 3.63) is 89.6 Å². The summed E-state index contributed by atoms with van der Waals surface area (Å²) in [5.74, 6) is 0. The molecule has 1 aromatic heterocycles. The zero-order valence-electron chi connectivity index (χ0n) is 18.9. The van der Waals surface area contributed by atoms with Crippen molar-refractivity contribution in [1.29, 1.82) is 0 Å². The number of fused-ring (bicyclic) bond motifs is 2. The van der Waals surface area contributed by atoms with Gasteiger partial charge in [0.25, 0.3) is 0 Å². The predicted octanol–water partition coefficient (Wildman–Crippen LogP) is 5.10. The quantitative estimate of drug-likeness (QED) is 0.321. The van der Waals surface area contributed by atoms with E-state index in [-0.39, 0.29) is 5.41 Å². The van der Waals surface area contributed by atoms with Crippen LogP contribution >= 0.6 is 0 Å². The van der Waals surface area contributed by atoms with Crippen LogP contribution in [0.3, 0.4) is 0 Å². The second-order valence-electron chi connectivity index (χ2n) is 9.84. The number of pyridine rings is 1. The van der Waals surface area contributed by atoms with E-state index in [1.807, 2.05) is 0 Å². The summed E-state index contributed by atoms with van der Waals surface area (Å²) in [4.78, 5) is 0. The molecule has 0 amide bonds. The van der Waals surface area contributed by atoms with Crippen molar-refractivity contribution in [2.45, 2.75) is 39.3 Å². The predicted molar refractivity (Wildman–Crippen MR) is 131 cm³/mol. The SMILES string of the molecule is Cc1ccc2cccc3c2c1-c1c(c([Si](C)(C)c2ccccc2)cc[n+]1C)C3(C)C. The maximum absolute atomic E-state index is 2.50. The van der Waals surface area contributed by atoms with Crippen LogP contribution in [0.4, 0.5) is 0 Å². The Hall–Kier alpha value is -2.71. The molecule has 5 rings (SSSR count). The second-order valence-corrected chi connectivity index (χ2v) is 14.2. The minimum Gasteiger partial charge on any atom is -0.201 e. The topological polar surface area (TPSA) is 3.88 Å². The van der Waals surface area contributed by atoms with E-state index in [0.717, 1.165) is 0 Å². The molecular weight excluding hydrogens is 378 g/mol. The lowest BCUT2D eigenvalue weighted by Crippen LogP contribution is -2.58. The molecule has 1 aliphatic carbocycles. The standard InChI is InChI=1S/C28H30NSi/c1-19-15-16-20-11-10-14-22-25(20)24(19)27-26(28(22,2)3)23(17-18-29(27)4)30(5,6)21-12-8-7-9-13-21/h7-18H,1-6H3/q+1. The molecular formula is C28H30NSi+. The Morgan fingerprint density at radius 2 is 1.57 bits per heavy atom. The van der Waals surface area contributed by atoms with Gasteiger partial charge in [0.05, 0.1) is 5.56 Å². The van der Waals surface area contributed by atoms with Crippen molar-refractivity contribution < 1.29 is 4.57 Å². The molecule has 0 fully saturated rings. The van der Waals surface area contributed by atoms with Gasteiger partial charge in [0, 0.05) is 17.0 Å². The largest absolute Gasteiger partial charge is 0.217 e. The average molecular weight is 409 g/mol. The Morgan fingerprint density at radius 1 is 0.833 bits per heavy atom. The summed E-state index contributed by atoms with van der Waals surface area (Å²) in [5, 5.41) is 5.82. The second kappa shape index (κ2) is 6.39. The Bertz CT molecular complexity index is 1300. The lowest BCUT2D eigenvalue weighted by atomic mass is 9.69. The van der Waals surface area contributed by atoms with Crippen LogP contribution in [-0.2, 0) is 12.5 Å². The van der Waals surface area contributed by atoms with Crippen molar-refractivity contribution in [2.75, 3.05) is 0 Å². The summed E-state index contributed by atoms with van der Waals surface area (Å²) < 4.78 is 2.35. The molecule has 0 bridgehead atoms. The summed E-state index contributed by atoms with van der Waals surface area (Å²) in [5.41, 5.74) is 7.09. The molecule has 2 heteroatoms. The van der Waals surface area contributed by atoms with Gasteiger partial charge in [-0.25, -0.2) is 4.57 Å². The number of rotatable bonds is 2. The van der Waals surface area contributed by atoms with Crippen LogP contribution in [0.15, 0.2) is 72.9 Å². The summed E-state index contributed by atoms with van der Waals surface area (Å²) in [6, 6.07) is 24.9. The van der Waals surface area contributed by atoms with Crippen LogP contribution in [0, 0.1) is 6.92 Å². The Balaban J connectivity index is 1.95. The summed E-state index contributed by atoms with van der Waals surface area (Å²) in [6.07, 6.45) is 2.29. The first kappa shape index (κ1) is 19.3. The van der Waals surface area contributed by atoms with Crippen molar-refractivity contribution in [2.24, 2.45) is 7.05 Å². The van der Waals surface area contributed by atoms with Crippen molar-refractivity contribution in [3.8, 4) is 11.3 Å². The van der Waals surface area contributed by atoms with Gasteiger partial charge in [-0.1, -0.05) is 92.8 Å². The third-order valence-electron chi connectivity index (χ3n) is 7.28. The summed E-state index contributed by atoms with van der Waals surface area (Å²) in [6.45, 7) is 12.1. The van der Waals surface area contributed by atoms with E-state index in [0.29, 0.717) is 0 Å². The van der Waals surface area contributed by atoms with Gasteiger partial charge in [0.2, 0.25) is 5.69 Å². The van der Waals surface area contributed by atoms with Gasteiger partial charge in [-0.15, -0.1) is 0 Å². The van der Waals surface area contributed by atoms with E-state index in [9.17, 15) is 0 Å².